The maximum absolute atomic E-state index is 12.6. The molecule has 0 spiro atoms. The summed E-state index contributed by atoms with van der Waals surface area (Å²) in [5, 5.41) is 15.2. The summed E-state index contributed by atoms with van der Waals surface area (Å²) < 4.78 is 2.63. The molecule has 1 aromatic heterocycles. The number of nitro benzene ring substituents is 1. The van der Waals surface area contributed by atoms with Crippen LogP contribution in [0.25, 0.3) is 0 Å². The van der Waals surface area contributed by atoms with Crippen molar-refractivity contribution in [2.75, 3.05) is 7.05 Å². The predicted octanol–water partition coefficient (Wildman–Crippen LogP) is 3.15. The summed E-state index contributed by atoms with van der Waals surface area (Å²) in [7, 11) is 1.67. The van der Waals surface area contributed by atoms with Crippen LogP contribution in [0.3, 0.4) is 0 Å². The molecule has 2 aromatic rings. The van der Waals surface area contributed by atoms with E-state index in [1.807, 2.05) is 6.92 Å². The summed E-state index contributed by atoms with van der Waals surface area (Å²) in [6.45, 7) is 4.61. The smallest absolute Gasteiger partial charge is 0.273 e. The van der Waals surface area contributed by atoms with Crippen molar-refractivity contribution < 1.29 is 9.72 Å². The molecule has 0 atom stereocenters. The highest BCUT2D eigenvalue weighted by Crippen LogP contribution is 2.23. The standard InChI is InChI=1S/C15H17BrN4O3/c1-4-19-14(12(16)8-17-19)9-18(3)15(21)11-6-5-7-13(10(11)2)20(22)23/h5-8H,4,9H2,1-3H3. The summed E-state index contributed by atoms with van der Waals surface area (Å²) in [6.07, 6.45) is 1.69. The number of amides is 1. The molecule has 0 aliphatic carbocycles. The lowest BCUT2D eigenvalue weighted by Crippen LogP contribution is -2.28. The van der Waals surface area contributed by atoms with Gasteiger partial charge in [0, 0.05) is 30.8 Å². The quantitative estimate of drug-likeness (QED) is 0.589. The van der Waals surface area contributed by atoms with Crippen molar-refractivity contribution in [2.45, 2.75) is 26.9 Å². The fourth-order valence-corrected chi connectivity index (χ4v) is 2.79. The van der Waals surface area contributed by atoms with Crippen molar-refractivity contribution in [1.29, 1.82) is 0 Å². The van der Waals surface area contributed by atoms with E-state index < -0.39 is 4.92 Å². The summed E-state index contributed by atoms with van der Waals surface area (Å²) in [6, 6.07) is 4.53. The van der Waals surface area contributed by atoms with Crippen LogP contribution in [0.5, 0.6) is 0 Å². The number of aryl methyl sites for hydroxylation is 1. The lowest BCUT2D eigenvalue weighted by molar-refractivity contribution is -0.385. The van der Waals surface area contributed by atoms with Crippen LogP contribution in [-0.2, 0) is 13.1 Å². The number of hydrogen-bond acceptors (Lipinski definition) is 4. The molecular weight excluding hydrogens is 364 g/mol. The first-order valence-electron chi connectivity index (χ1n) is 7.06. The van der Waals surface area contributed by atoms with Gasteiger partial charge < -0.3 is 4.90 Å². The third kappa shape index (κ3) is 3.42. The Labute approximate surface area is 142 Å². The summed E-state index contributed by atoms with van der Waals surface area (Å²) in [4.78, 5) is 24.7. The van der Waals surface area contributed by atoms with Gasteiger partial charge in [0.25, 0.3) is 11.6 Å². The minimum atomic E-state index is -0.477. The van der Waals surface area contributed by atoms with E-state index in [1.54, 1.807) is 30.9 Å². The molecule has 122 valence electrons. The molecule has 8 heteroatoms. The van der Waals surface area contributed by atoms with Crippen molar-refractivity contribution in [1.82, 2.24) is 14.7 Å². The molecule has 0 bridgehead atoms. The minimum absolute atomic E-state index is 0.0518. The fourth-order valence-electron chi connectivity index (χ4n) is 2.37. The van der Waals surface area contributed by atoms with E-state index in [0.717, 1.165) is 10.2 Å². The first kappa shape index (κ1) is 17.1. The van der Waals surface area contributed by atoms with Gasteiger partial charge >= 0.3 is 0 Å². The van der Waals surface area contributed by atoms with Gasteiger partial charge in [-0.1, -0.05) is 6.07 Å². The van der Waals surface area contributed by atoms with Crippen LogP contribution in [0.4, 0.5) is 5.69 Å². The monoisotopic (exact) mass is 380 g/mol. The maximum Gasteiger partial charge on any atom is 0.273 e. The van der Waals surface area contributed by atoms with E-state index in [0.29, 0.717) is 24.2 Å². The van der Waals surface area contributed by atoms with Crippen LogP contribution < -0.4 is 0 Å². The van der Waals surface area contributed by atoms with Crippen LogP contribution >= 0.6 is 15.9 Å². The Bertz CT molecular complexity index is 757. The van der Waals surface area contributed by atoms with Gasteiger partial charge in [-0.25, -0.2) is 0 Å². The highest BCUT2D eigenvalue weighted by Gasteiger charge is 2.22. The first-order chi connectivity index (χ1) is 10.9. The summed E-state index contributed by atoms with van der Waals surface area (Å²) in [5.41, 5.74) is 1.54. The number of carbonyl (C=O) groups excluding carboxylic acids is 1. The van der Waals surface area contributed by atoms with E-state index in [4.69, 9.17) is 0 Å². The number of rotatable bonds is 5. The molecule has 0 radical (unpaired) electrons. The largest absolute Gasteiger partial charge is 0.336 e. The molecule has 0 aliphatic rings. The molecule has 0 fully saturated rings. The van der Waals surface area contributed by atoms with Crippen molar-refractivity contribution in [3.8, 4) is 0 Å². The van der Waals surface area contributed by atoms with Crippen molar-refractivity contribution in [3.63, 3.8) is 0 Å². The average Bonchev–Trinajstić information content (AvgIpc) is 2.86. The Morgan fingerprint density at radius 1 is 1.48 bits per heavy atom. The third-order valence-corrected chi connectivity index (χ3v) is 4.33. The Kier molecular flexibility index (Phi) is 5.15. The topological polar surface area (TPSA) is 81.3 Å². The molecule has 1 amide bonds. The van der Waals surface area contributed by atoms with E-state index in [2.05, 4.69) is 21.0 Å². The summed E-state index contributed by atoms with van der Waals surface area (Å²) >= 11 is 3.43. The zero-order valence-corrected chi connectivity index (χ0v) is 14.7. The zero-order chi connectivity index (χ0) is 17.1. The normalized spacial score (nSPS) is 10.6. The summed E-state index contributed by atoms with van der Waals surface area (Å²) in [5.74, 6) is -0.262. The van der Waals surface area contributed by atoms with Gasteiger partial charge in [0.05, 0.1) is 27.8 Å². The third-order valence-electron chi connectivity index (χ3n) is 3.66. The van der Waals surface area contributed by atoms with Gasteiger partial charge in [0.2, 0.25) is 0 Å². The van der Waals surface area contributed by atoms with Crippen LogP contribution in [-0.4, -0.2) is 32.6 Å². The molecule has 0 saturated heterocycles. The van der Waals surface area contributed by atoms with Crippen molar-refractivity contribution in [2.24, 2.45) is 0 Å². The second kappa shape index (κ2) is 6.91. The Morgan fingerprint density at radius 2 is 2.17 bits per heavy atom. The molecule has 0 aliphatic heterocycles. The number of carbonyl (C=O) groups is 1. The molecule has 0 saturated carbocycles. The average molecular weight is 381 g/mol. The van der Waals surface area contributed by atoms with Crippen molar-refractivity contribution >= 4 is 27.5 Å². The molecule has 23 heavy (non-hydrogen) atoms. The number of halogens is 1. The van der Waals surface area contributed by atoms with Gasteiger partial charge in [0.15, 0.2) is 0 Å². The van der Waals surface area contributed by atoms with E-state index >= 15 is 0 Å². The Balaban J connectivity index is 2.28. The first-order valence-corrected chi connectivity index (χ1v) is 7.85. The minimum Gasteiger partial charge on any atom is -0.336 e. The predicted molar refractivity (Wildman–Crippen MR) is 89.2 cm³/mol. The second-order valence-electron chi connectivity index (χ2n) is 5.12. The van der Waals surface area contributed by atoms with Gasteiger partial charge in [-0.05, 0) is 35.8 Å². The molecule has 0 N–H and O–H groups in total. The van der Waals surface area contributed by atoms with E-state index in [-0.39, 0.29) is 11.6 Å². The van der Waals surface area contributed by atoms with Gasteiger partial charge in [-0.3, -0.25) is 19.6 Å². The van der Waals surface area contributed by atoms with Crippen molar-refractivity contribution in [3.05, 3.63) is 55.8 Å². The molecule has 1 heterocycles. The van der Waals surface area contributed by atoms with Crippen LogP contribution in [0.1, 0.15) is 28.5 Å². The molecule has 2 rings (SSSR count). The molecule has 1 aromatic carbocycles. The Morgan fingerprint density at radius 3 is 2.78 bits per heavy atom. The number of hydrogen-bond donors (Lipinski definition) is 0. The Hall–Kier alpha value is -2.22. The van der Waals surface area contributed by atoms with Gasteiger partial charge in [0.1, 0.15) is 0 Å². The number of nitro groups is 1. The van der Waals surface area contributed by atoms with E-state index in [1.165, 1.54) is 17.0 Å². The number of benzene rings is 1. The van der Waals surface area contributed by atoms with Crippen LogP contribution in [0.15, 0.2) is 28.9 Å². The molecule has 7 nitrogen and oxygen atoms in total. The lowest BCUT2D eigenvalue weighted by atomic mass is 10.1. The lowest BCUT2D eigenvalue weighted by Gasteiger charge is -2.19. The molecular formula is C15H17BrN4O3. The van der Waals surface area contributed by atoms with E-state index in [9.17, 15) is 14.9 Å². The van der Waals surface area contributed by atoms with Crippen LogP contribution in [0.2, 0.25) is 0 Å². The molecule has 0 unspecified atom stereocenters. The van der Waals surface area contributed by atoms with Gasteiger partial charge in [-0.15, -0.1) is 0 Å². The zero-order valence-electron chi connectivity index (χ0n) is 13.1. The number of aromatic nitrogens is 2. The fraction of sp³-hybridized carbons (Fsp3) is 0.333. The number of nitrogens with zero attached hydrogens (tertiary/aromatic N) is 4. The second-order valence-corrected chi connectivity index (χ2v) is 5.98. The van der Waals surface area contributed by atoms with Gasteiger partial charge in [-0.2, -0.15) is 5.10 Å². The highest BCUT2D eigenvalue weighted by atomic mass is 79.9. The highest BCUT2D eigenvalue weighted by molar-refractivity contribution is 9.10. The maximum atomic E-state index is 12.6. The van der Waals surface area contributed by atoms with Crippen LogP contribution in [0, 0.1) is 17.0 Å². The SMILES string of the molecule is CCn1ncc(Br)c1CN(C)C(=O)c1cccc([N+](=O)[O-])c1C.